The number of fused-ring (bicyclic) bond motifs is 1. The Labute approximate surface area is 115 Å². The van der Waals surface area contributed by atoms with Crippen LogP contribution in [0.4, 0.5) is 11.4 Å². The van der Waals surface area contributed by atoms with Gasteiger partial charge in [-0.1, -0.05) is 6.92 Å². The lowest BCUT2D eigenvalue weighted by atomic mass is 10.1. The van der Waals surface area contributed by atoms with E-state index in [9.17, 15) is 4.79 Å². The van der Waals surface area contributed by atoms with E-state index in [1.807, 2.05) is 19.1 Å². The maximum atomic E-state index is 11.9. The number of thiazole rings is 1. The van der Waals surface area contributed by atoms with E-state index in [-0.39, 0.29) is 11.9 Å². The number of hydrogen-bond donors (Lipinski definition) is 2. The van der Waals surface area contributed by atoms with Gasteiger partial charge in [-0.05, 0) is 18.6 Å². The summed E-state index contributed by atoms with van der Waals surface area (Å²) in [5.74, 6) is 0.0755. The van der Waals surface area contributed by atoms with Gasteiger partial charge in [0.15, 0.2) is 0 Å². The number of hydrogen-bond acceptors (Lipinski definition) is 5. The largest absolute Gasteiger partial charge is 0.395 e. The molecule has 1 amide bonds. The molecule has 5 nitrogen and oxygen atoms in total. The van der Waals surface area contributed by atoms with Crippen LogP contribution in [-0.2, 0) is 4.79 Å². The van der Waals surface area contributed by atoms with Crippen molar-refractivity contribution in [3.8, 4) is 0 Å². The predicted molar refractivity (Wildman–Crippen MR) is 78.5 cm³/mol. The monoisotopic (exact) mass is 276 g/mol. The molecule has 0 bridgehead atoms. The van der Waals surface area contributed by atoms with E-state index in [2.05, 4.69) is 15.2 Å². The lowest BCUT2D eigenvalue weighted by Gasteiger charge is -2.36. The van der Waals surface area contributed by atoms with Gasteiger partial charge in [0.1, 0.15) is 11.6 Å². The molecule has 100 valence electrons. The average molecular weight is 276 g/mol. The Morgan fingerprint density at radius 2 is 2.42 bits per heavy atom. The number of benzene rings is 1. The number of aromatic nitrogens is 1. The van der Waals surface area contributed by atoms with Gasteiger partial charge < -0.3 is 16.0 Å². The summed E-state index contributed by atoms with van der Waals surface area (Å²) in [4.78, 5) is 18.3. The second kappa shape index (κ2) is 4.70. The van der Waals surface area contributed by atoms with Crippen LogP contribution in [0.3, 0.4) is 0 Å². The Balaban J connectivity index is 2.07. The van der Waals surface area contributed by atoms with Crippen molar-refractivity contribution in [1.82, 2.24) is 10.3 Å². The van der Waals surface area contributed by atoms with Crippen LogP contribution in [0.25, 0.3) is 10.2 Å². The molecule has 2 aromatic rings. The van der Waals surface area contributed by atoms with Crippen LogP contribution in [0.15, 0.2) is 17.6 Å². The van der Waals surface area contributed by atoms with Gasteiger partial charge in [-0.15, -0.1) is 11.3 Å². The highest BCUT2D eigenvalue weighted by Gasteiger charge is 2.29. The normalized spacial score (nSPS) is 19.7. The van der Waals surface area contributed by atoms with Crippen molar-refractivity contribution >= 4 is 38.8 Å². The van der Waals surface area contributed by atoms with Crippen LogP contribution in [-0.4, -0.2) is 30.0 Å². The van der Waals surface area contributed by atoms with Crippen molar-refractivity contribution in [2.45, 2.75) is 19.4 Å². The third-order valence-electron chi connectivity index (χ3n) is 3.55. The maximum absolute atomic E-state index is 11.9. The third kappa shape index (κ3) is 1.92. The van der Waals surface area contributed by atoms with E-state index in [0.29, 0.717) is 12.2 Å². The molecule has 19 heavy (non-hydrogen) atoms. The topological polar surface area (TPSA) is 71.2 Å². The molecular weight excluding hydrogens is 260 g/mol. The summed E-state index contributed by atoms with van der Waals surface area (Å²) < 4.78 is 1.08. The first-order valence-corrected chi connectivity index (χ1v) is 7.26. The Bertz CT molecular complexity index is 624. The van der Waals surface area contributed by atoms with Crippen LogP contribution in [0.5, 0.6) is 0 Å². The number of carbonyl (C=O) groups is 1. The van der Waals surface area contributed by atoms with Crippen LogP contribution in [0.2, 0.25) is 0 Å². The van der Waals surface area contributed by atoms with Crippen molar-refractivity contribution < 1.29 is 4.79 Å². The number of nitrogens with zero attached hydrogens (tertiary/aromatic N) is 2. The van der Waals surface area contributed by atoms with Gasteiger partial charge in [-0.3, -0.25) is 4.79 Å². The SMILES string of the molecule is CCC1C(=O)NCCN1c1ccc2scnc2c1N. The fraction of sp³-hybridized carbons (Fsp3) is 0.385. The smallest absolute Gasteiger partial charge is 0.242 e. The first-order chi connectivity index (χ1) is 9.22. The van der Waals surface area contributed by atoms with Crippen LogP contribution < -0.4 is 16.0 Å². The van der Waals surface area contributed by atoms with Crippen LogP contribution >= 0.6 is 11.3 Å². The van der Waals surface area contributed by atoms with Crippen molar-refractivity contribution in [2.24, 2.45) is 0 Å². The standard InChI is InChI=1S/C13H16N4OS/c1-2-8-13(18)15-5-6-17(8)9-3-4-10-12(11(9)14)16-7-19-10/h3-4,7-8H,2,5-6,14H2,1H3,(H,15,18). The van der Waals surface area contributed by atoms with Gasteiger partial charge in [-0.25, -0.2) is 4.98 Å². The molecular formula is C13H16N4OS. The summed E-state index contributed by atoms with van der Waals surface area (Å²) in [6.07, 6.45) is 0.764. The zero-order chi connectivity index (χ0) is 13.4. The lowest BCUT2D eigenvalue weighted by Crippen LogP contribution is -2.55. The number of nitrogens with one attached hydrogen (secondary N) is 1. The lowest BCUT2D eigenvalue weighted by molar-refractivity contribution is -0.123. The minimum Gasteiger partial charge on any atom is -0.395 e. The van der Waals surface area contributed by atoms with E-state index in [4.69, 9.17) is 5.73 Å². The summed E-state index contributed by atoms with van der Waals surface area (Å²) in [6.45, 7) is 3.45. The number of piperazine rings is 1. The molecule has 2 heterocycles. The number of rotatable bonds is 2. The minimum atomic E-state index is -0.146. The zero-order valence-corrected chi connectivity index (χ0v) is 11.5. The van der Waals surface area contributed by atoms with Crippen LogP contribution in [0.1, 0.15) is 13.3 Å². The van der Waals surface area contributed by atoms with Gasteiger partial charge in [-0.2, -0.15) is 0 Å². The van der Waals surface area contributed by atoms with Crippen molar-refractivity contribution in [3.63, 3.8) is 0 Å². The molecule has 3 rings (SSSR count). The summed E-state index contributed by atoms with van der Waals surface area (Å²) >= 11 is 1.58. The van der Waals surface area contributed by atoms with Crippen LogP contribution in [0, 0.1) is 0 Å². The number of anilines is 2. The number of nitrogen functional groups attached to an aromatic ring is 1. The Morgan fingerprint density at radius 1 is 1.58 bits per heavy atom. The van der Waals surface area contributed by atoms with Crippen molar-refractivity contribution in [3.05, 3.63) is 17.6 Å². The first-order valence-electron chi connectivity index (χ1n) is 6.38. The third-order valence-corrected chi connectivity index (χ3v) is 4.34. The first kappa shape index (κ1) is 12.2. The fourth-order valence-electron chi connectivity index (χ4n) is 2.60. The Hall–Kier alpha value is -1.82. The molecule has 1 aliphatic heterocycles. The second-order valence-electron chi connectivity index (χ2n) is 4.61. The van der Waals surface area contributed by atoms with Gasteiger partial charge in [0.05, 0.1) is 21.6 Å². The molecule has 0 spiro atoms. The Kier molecular flexibility index (Phi) is 3.02. The number of amides is 1. The van der Waals surface area contributed by atoms with Gasteiger partial charge >= 0.3 is 0 Å². The molecule has 1 aliphatic rings. The second-order valence-corrected chi connectivity index (χ2v) is 5.49. The van der Waals surface area contributed by atoms with E-state index in [1.165, 1.54) is 0 Å². The summed E-state index contributed by atoms with van der Waals surface area (Å²) in [7, 11) is 0. The molecule has 0 saturated carbocycles. The minimum absolute atomic E-state index is 0.0755. The summed E-state index contributed by atoms with van der Waals surface area (Å²) in [6, 6.07) is 3.88. The number of carbonyl (C=O) groups excluding carboxylic acids is 1. The number of nitrogens with two attached hydrogens (primary N) is 1. The van der Waals surface area contributed by atoms with E-state index >= 15 is 0 Å². The Morgan fingerprint density at radius 3 is 3.21 bits per heavy atom. The van der Waals surface area contributed by atoms with Crippen molar-refractivity contribution in [1.29, 1.82) is 0 Å². The van der Waals surface area contributed by atoms with Crippen molar-refractivity contribution in [2.75, 3.05) is 23.7 Å². The van der Waals surface area contributed by atoms with Gasteiger partial charge in [0.25, 0.3) is 0 Å². The molecule has 1 aromatic carbocycles. The van der Waals surface area contributed by atoms with Gasteiger partial charge in [0.2, 0.25) is 5.91 Å². The van der Waals surface area contributed by atoms with E-state index in [0.717, 1.165) is 28.9 Å². The summed E-state index contributed by atoms with van der Waals surface area (Å²) in [5, 5.41) is 2.90. The van der Waals surface area contributed by atoms with Gasteiger partial charge in [0, 0.05) is 13.1 Å². The average Bonchev–Trinajstić information content (AvgIpc) is 2.88. The maximum Gasteiger partial charge on any atom is 0.242 e. The summed E-state index contributed by atoms with van der Waals surface area (Å²) in [5.41, 5.74) is 10.5. The molecule has 1 atom stereocenters. The predicted octanol–water partition coefficient (Wildman–Crippen LogP) is 1.59. The molecule has 1 saturated heterocycles. The highest BCUT2D eigenvalue weighted by Crippen LogP contribution is 2.34. The zero-order valence-electron chi connectivity index (χ0n) is 10.7. The molecule has 1 fully saturated rings. The molecule has 3 N–H and O–H groups in total. The molecule has 1 aromatic heterocycles. The quantitative estimate of drug-likeness (QED) is 0.817. The molecule has 0 radical (unpaired) electrons. The molecule has 1 unspecified atom stereocenters. The fourth-order valence-corrected chi connectivity index (χ4v) is 3.29. The van der Waals surface area contributed by atoms with E-state index in [1.54, 1.807) is 16.8 Å². The highest BCUT2D eigenvalue weighted by atomic mass is 32.1. The molecule has 0 aliphatic carbocycles. The highest BCUT2D eigenvalue weighted by molar-refractivity contribution is 7.16. The molecule has 6 heteroatoms. The van der Waals surface area contributed by atoms with E-state index < -0.39 is 0 Å².